The highest BCUT2D eigenvalue weighted by molar-refractivity contribution is 5.90. The predicted molar refractivity (Wildman–Crippen MR) is 133 cm³/mol. The van der Waals surface area contributed by atoms with Crippen LogP contribution in [0.5, 0.6) is 0 Å². The van der Waals surface area contributed by atoms with Crippen molar-refractivity contribution in [3.63, 3.8) is 0 Å². The van der Waals surface area contributed by atoms with Gasteiger partial charge in [-0.3, -0.25) is 9.59 Å². The van der Waals surface area contributed by atoms with Crippen LogP contribution in [0.25, 0.3) is 0 Å². The number of hydrogen-bond donors (Lipinski definition) is 3. The van der Waals surface area contributed by atoms with Gasteiger partial charge in [0.25, 0.3) is 0 Å². The molecule has 0 spiro atoms. The van der Waals surface area contributed by atoms with E-state index in [-0.39, 0.29) is 18.2 Å². The second-order valence-electron chi connectivity index (χ2n) is 11.0. The molecular weight excluding hydrogens is 484 g/mol. The molecule has 0 aromatic rings. The van der Waals surface area contributed by atoms with E-state index < -0.39 is 53.8 Å². The number of rotatable bonds is 9. The highest BCUT2D eigenvalue weighted by atomic mass is 16.6. The Morgan fingerprint density at radius 3 is 2.22 bits per heavy atom. The molecule has 0 saturated carbocycles. The summed E-state index contributed by atoms with van der Waals surface area (Å²) in [7, 11) is 1.21. The number of piperidine rings is 1. The predicted octanol–water partition coefficient (Wildman–Crippen LogP) is 1.71. The maximum atomic E-state index is 13.1. The standard InChI is InChI=1S/C25H42N4O8/c1-15(2)13-18(21(31)27-19(22(32)35-6)14-16-7-10-26-20(16)30)28-23(33)36-17-8-11-29(12-9-17)24(34)37-25(3,4)5/h15-19H,7-14H2,1-6H3,(H,26,30)(H,27,31)(H,28,33)/t16-,18?,19?/m0/s1. The van der Waals surface area contributed by atoms with Crippen molar-refractivity contribution in [3.8, 4) is 0 Å². The van der Waals surface area contributed by atoms with E-state index in [2.05, 4.69) is 16.0 Å². The van der Waals surface area contributed by atoms with Gasteiger partial charge >= 0.3 is 18.2 Å². The van der Waals surface area contributed by atoms with Crippen LogP contribution < -0.4 is 16.0 Å². The maximum Gasteiger partial charge on any atom is 0.410 e. The summed E-state index contributed by atoms with van der Waals surface area (Å²) in [6.07, 6.45) is 0.318. The first kappa shape index (κ1) is 30.2. The van der Waals surface area contributed by atoms with E-state index in [1.54, 1.807) is 25.7 Å². The van der Waals surface area contributed by atoms with Gasteiger partial charge in [0.2, 0.25) is 11.8 Å². The van der Waals surface area contributed by atoms with Crippen molar-refractivity contribution in [2.45, 2.75) is 90.5 Å². The summed E-state index contributed by atoms with van der Waals surface area (Å²) in [6.45, 7) is 10.5. The number of nitrogens with zero attached hydrogens (tertiary/aromatic N) is 1. The van der Waals surface area contributed by atoms with E-state index in [0.717, 1.165) is 0 Å². The monoisotopic (exact) mass is 526 g/mol. The quantitative estimate of drug-likeness (QED) is 0.303. The molecular formula is C25H42N4O8. The zero-order valence-electron chi connectivity index (χ0n) is 22.8. The van der Waals surface area contributed by atoms with Gasteiger partial charge in [0.05, 0.1) is 7.11 Å². The topological polar surface area (TPSA) is 152 Å². The molecule has 0 aliphatic carbocycles. The molecule has 2 rings (SSSR count). The fourth-order valence-corrected chi connectivity index (χ4v) is 4.30. The van der Waals surface area contributed by atoms with Crippen molar-refractivity contribution < 1.29 is 38.2 Å². The average Bonchev–Trinajstić information content (AvgIpc) is 3.20. The smallest absolute Gasteiger partial charge is 0.410 e. The molecule has 2 unspecified atom stereocenters. The molecule has 4 amide bonds. The molecule has 12 heteroatoms. The molecule has 2 heterocycles. The molecule has 210 valence electrons. The number of esters is 1. The van der Waals surface area contributed by atoms with E-state index in [1.807, 2.05) is 13.8 Å². The summed E-state index contributed by atoms with van der Waals surface area (Å²) < 4.78 is 15.7. The lowest BCUT2D eigenvalue weighted by Gasteiger charge is -2.33. The highest BCUT2D eigenvalue weighted by Crippen LogP contribution is 2.19. The summed E-state index contributed by atoms with van der Waals surface area (Å²) in [5.41, 5.74) is -0.591. The molecule has 0 bridgehead atoms. The van der Waals surface area contributed by atoms with Crippen LogP contribution in [0, 0.1) is 11.8 Å². The minimum absolute atomic E-state index is 0.0605. The molecule has 2 saturated heterocycles. The van der Waals surface area contributed by atoms with Crippen LogP contribution in [-0.2, 0) is 28.6 Å². The maximum absolute atomic E-state index is 13.1. The zero-order chi connectivity index (χ0) is 27.8. The third-order valence-electron chi connectivity index (χ3n) is 6.17. The molecule has 12 nitrogen and oxygen atoms in total. The van der Waals surface area contributed by atoms with Crippen molar-refractivity contribution in [1.29, 1.82) is 0 Å². The lowest BCUT2D eigenvalue weighted by Crippen LogP contribution is -2.53. The third kappa shape index (κ3) is 10.1. The second-order valence-corrected chi connectivity index (χ2v) is 11.0. The number of alkyl carbamates (subject to hydrolysis) is 1. The Balaban J connectivity index is 1.92. The number of ether oxygens (including phenoxy) is 3. The van der Waals surface area contributed by atoms with Gasteiger partial charge in [-0.15, -0.1) is 0 Å². The molecule has 3 N–H and O–H groups in total. The molecule has 2 fully saturated rings. The minimum atomic E-state index is -1.02. The van der Waals surface area contributed by atoms with Crippen molar-refractivity contribution >= 4 is 30.0 Å². The van der Waals surface area contributed by atoms with Gasteiger partial charge in [-0.25, -0.2) is 14.4 Å². The number of carbonyl (C=O) groups excluding carboxylic acids is 5. The van der Waals surface area contributed by atoms with Crippen LogP contribution in [-0.4, -0.2) is 85.4 Å². The molecule has 37 heavy (non-hydrogen) atoms. The van der Waals surface area contributed by atoms with Crippen LogP contribution in [0.3, 0.4) is 0 Å². The van der Waals surface area contributed by atoms with E-state index in [9.17, 15) is 24.0 Å². The molecule has 3 atom stereocenters. The van der Waals surface area contributed by atoms with Gasteiger partial charge < -0.3 is 35.1 Å². The number of hydrogen-bond acceptors (Lipinski definition) is 8. The first-order chi connectivity index (χ1) is 17.3. The van der Waals surface area contributed by atoms with Crippen molar-refractivity contribution in [1.82, 2.24) is 20.9 Å². The fraction of sp³-hybridized carbons (Fsp3) is 0.800. The Labute approximate surface area is 218 Å². The lowest BCUT2D eigenvalue weighted by atomic mass is 9.97. The van der Waals surface area contributed by atoms with E-state index in [1.165, 1.54) is 7.11 Å². The summed E-state index contributed by atoms with van der Waals surface area (Å²) in [4.78, 5) is 63.8. The van der Waals surface area contributed by atoms with Gasteiger partial charge in [-0.2, -0.15) is 0 Å². The van der Waals surface area contributed by atoms with Crippen LogP contribution in [0.2, 0.25) is 0 Å². The summed E-state index contributed by atoms with van der Waals surface area (Å²) in [6, 6.07) is -1.96. The Bertz CT molecular complexity index is 833. The van der Waals surface area contributed by atoms with Crippen LogP contribution >= 0.6 is 0 Å². The third-order valence-corrected chi connectivity index (χ3v) is 6.17. The van der Waals surface area contributed by atoms with Gasteiger partial charge in [0, 0.05) is 38.4 Å². The molecule has 2 aliphatic heterocycles. The molecule has 0 radical (unpaired) electrons. The zero-order valence-corrected chi connectivity index (χ0v) is 22.8. The Morgan fingerprint density at radius 1 is 1.05 bits per heavy atom. The average molecular weight is 527 g/mol. The fourth-order valence-electron chi connectivity index (χ4n) is 4.30. The van der Waals surface area contributed by atoms with Crippen molar-refractivity contribution in [2.75, 3.05) is 26.7 Å². The minimum Gasteiger partial charge on any atom is -0.467 e. The van der Waals surface area contributed by atoms with Crippen LogP contribution in [0.4, 0.5) is 9.59 Å². The van der Waals surface area contributed by atoms with E-state index in [4.69, 9.17) is 14.2 Å². The first-order valence-electron chi connectivity index (χ1n) is 12.9. The number of carbonyl (C=O) groups is 5. The first-order valence-corrected chi connectivity index (χ1v) is 12.9. The Kier molecular flexibility index (Phi) is 11.0. The molecule has 0 aromatic carbocycles. The second kappa shape index (κ2) is 13.5. The van der Waals surface area contributed by atoms with E-state index >= 15 is 0 Å². The lowest BCUT2D eigenvalue weighted by molar-refractivity contribution is -0.146. The van der Waals surface area contributed by atoms with Crippen molar-refractivity contribution in [3.05, 3.63) is 0 Å². The number of amides is 4. The molecule has 2 aliphatic rings. The number of methoxy groups -OCH3 is 1. The van der Waals surface area contributed by atoms with Gasteiger partial charge in [0.1, 0.15) is 23.8 Å². The summed E-state index contributed by atoms with van der Waals surface area (Å²) in [5, 5.41) is 7.97. The number of nitrogens with one attached hydrogen (secondary N) is 3. The van der Waals surface area contributed by atoms with E-state index in [0.29, 0.717) is 45.3 Å². The van der Waals surface area contributed by atoms with Crippen LogP contribution in [0.1, 0.15) is 66.7 Å². The Hall–Kier alpha value is -3.05. The molecule has 0 aromatic heterocycles. The van der Waals surface area contributed by atoms with Gasteiger partial charge in [-0.05, 0) is 46.0 Å². The van der Waals surface area contributed by atoms with Crippen molar-refractivity contribution in [2.24, 2.45) is 11.8 Å². The Morgan fingerprint density at radius 2 is 1.70 bits per heavy atom. The SMILES string of the molecule is COC(=O)C(C[C@@H]1CCNC1=O)NC(=O)C(CC(C)C)NC(=O)OC1CCN(C(=O)OC(C)(C)C)CC1. The van der Waals surface area contributed by atoms with Gasteiger partial charge in [0.15, 0.2) is 0 Å². The van der Waals surface area contributed by atoms with Crippen LogP contribution in [0.15, 0.2) is 0 Å². The van der Waals surface area contributed by atoms with Gasteiger partial charge in [-0.1, -0.05) is 13.8 Å². The largest absolute Gasteiger partial charge is 0.467 e. The number of likely N-dealkylation sites (tertiary alicyclic amines) is 1. The highest BCUT2D eigenvalue weighted by Gasteiger charge is 2.34. The summed E-state index contributed by atoms with van der Waals surface area (Å²) in [5.74, 6) is -1.72. The summed E-state index contributed by atoms with van der Waals surface area (Å²) >= 11 is 0. The normalized spacial score (nSPS) is 20.0.